The van der Waals surface area contributed by atoms with Crippen molar-refractivity contribution in [3.8, 4) is 28.4 Å². The second-order valence-corrected chi connectivity index (χ2v) is 16.5. The highest BCUT2D eigenvalue weighted by atomic mass is 35.5. The van der Waals surface area contributed by atoms with Gasteiger partial charge in [-0.1, -0.05) is 102 Å². The molecule has 0 atom stereocenters. The van der Waals surface area contributed by atoms with Crippen molar-refractivity contribution in [3.05, 3.63) is 202 Å². The van der Waals surface area contributed by atoms with Crippen LogP contribution in [-0.4, -0.2) is 30.5 Å². The Morgan fingerprint density at radius 3 is 1.75 bits per heavy atom. The van der Waals surface area contributed by atoms with E-state index < -0.39 is 15.9 Å². The average molecular weight is 874 g/mol. The third-order valence-corrected chi connectivity index (χ3v) is 11.2. The molecule has 1 aromatic heterocycles. The fourth-order valence-electron chi connectivity index (χ4n) is 6.26. The lowest BCUT2D eigenvalue weighted by atomic mass is 10.0. The molecule has 61 heavy (non-hydrogen) atoms. The van der Waals surface area contributed by atoms with E-state index in [1.165, 1.54) is 19.1 Å². The maximum Gasteiger partial charge on any atom is 0.264 e. The van der Waals surface area contributed by atoms with Crippen molar-refractivity contribution in [2.24, 2.45) is 0 Å². The van der Waals surface area contributed by atoms with Gasteiger partial charge in [0.15, 0.2) is 5.78 Å². The Labute approximate surface area is 365 Å². The first-order chi connectivity index (χ1) is 29.4. The summed E-state index contributed by atoms with van der Waals surface area (Å²) < 4.78 is 41.8. The molecule has 7 rings (SSSR count). The molecule has 0 radical (unpaired) electrons. The van der Waals surface area contributed by atoms with E-state index >= 15 is 0 Å². The molecule has 0 fully saturated rings. The predicted molar refractivity (Wildman–Crippen MR) is 239 cm³/mol. The van der Waals surface area contributed by atoms with E-state index in [9.17, 15) is 22.8 Å². The zero-order chi connectivity index (χ0) is 43.4. The first-order valence-corrected chi connectivity index (χ1v) is 21.5. The number of amides is 1. The van der Waals surface area contributed by atoms with Crippen LogP contribution in [0.4, 0.5) is 0 Å². The third kappa shape index (κ3) is 12.1. The van der Waals surface area contributed by atoms with Crippen LogP contribution < -0.4 is 14.2 Å². The largest absolute Gasteiger partial charge is 0.488 e. The molecule has 9 nitrogen and oxygen atoms in total. The first-order valence-electron chi connectivity index (χ1n) is 19.2. The van der Waals surface area contributed by atoms with E-state index in [0.29, 0.717) is 40.3 Å². The number of benzene rings is 6. The van der Waals surface area contributed by atoms with Gasteiger partial charge in [0.2, 0.25) is 0 Å². The molecule has 0 saturated heterocycles. The lowest BCUT2D eigenvalue weighted by molar-refractivity contribution is -0.117. The average Bonchev–Trinajstić information content (AvgIpc) is 3.66. The summed E-state index contributed by atoms with van der Waals surface area (Å²) in [6, 6.07) is 48.5. The molecular weight excluding hydrogens is 832 g/mol. The standard InChI is InChI=1S/C31H25ClN2O4S.C18H17ClO3/c1-22-12-18-29(28-20-25(32)13-19-30(28)38-21-23-8-4-2-5-9-23)34(22)26-14-16-27(17-15-26)39(36,37)33-31(35)24-10-6-3-7-11-24;1-13(20)7-9-17(21)16-11-15(19)8-10-18(16)22-12-14-5-3-2-4-6-14/h2-20H,21H2,1H3,(H,33,35);2-6,8,10-11H,7,9,12H2,1H3. The van der Waals surface area contributed by atoms with Crippen LogP contribution in [0.2, 0.25) is 10.0 Å². The Kier molecular flexibility index (Phi) is 15.0. The van der Waals surface area contributed by atoms with E-state index in [1.54, 1.807) is 66.7 Å². The van der Waals surface area contributed by atoms with E-state index in [4.69, 9.17) is 32.7 Å². The van der Waals surface area contributed by atoms with Gasteiger partial charge < -0.3 is 18.8 Å². The number of sulfonamides is 1. The molecule has 7 aromatic rings. The number of nitrogens with one attached hydrogen (secondary N) is 1. The Balaban J connectivity index is 0.000000240. The predicted octanol–water partition coefficient (Wildman–Crippen LogP) is 11.3. The van der Waals surface area contributed by atoms with E-state index in [0.717, 1.165) is 33.8 Å². The van der Waals surface area contributed by atoms with Crippen molar-refractivity contribution in [2.45, 2.75) is 44.8 Å². The minimum Gasteiger partial charge on any atom is -0.488 e. The Morgan fingerprint density at radius 2 is 1.16 bits per heavy atom. The molecule has 0 aliphatic rings. The van der Waals surface area contributed by atoms with Crippen LogP contribution in [0.25, 0.3) is 16.9 Å². The zero-order valence-corrected chi connectivity index (χ0v) is 35.7. The van der Waals surface area contributed by atoms with Gasteiger partial charge in [0.05, 0.1) is 16.2 Å². The van der Waals surface area contributed by atoms with E-state index in [1.807, 2.05) is 96.4 Å². The molecule has 12 heteroatoms. The van der Waals surface area contributed by atoms with Crippen molar-refractivity contribution in [3.63, 3.8) is 0 Å². The Morgan fingerprint density at radius 1 is 0.623 bits per heavy atom. The van der Waals surface area contributed by atoms with Gasteiger partial charge in [-0.15, -0.1) is 0 Å². The topological polar surface area (TPSA) is 121 Å². The number of rotatable bonds is 15. The first kappa shape index (κ1) is 44.1. The highest BCUT2D eigenvalue weighted by molar-refractivity contribution is 7.90. The molecule has 1 amide bonds. The number of carbonyl (C=O) groups is 3. The van der Waals surface area contributed by atoms with Crippen LogP contribution in [0.15, 0.2) is 169 Å². The van der Waals surface area contributed by atoms with Gasteiger partial charge in [0.25, 0.3) is 15.9 Å². The smallest absolute Gasteiger partial charge is 0.264 e. The van der Waals surface area contributed by atoms with Crippen LogP contribution in [0.1, 0.15) is 57.3 Å². The fourth-order valence-corrected chi connectivity index (χ4v) is 7.58. The van der Waals surface area contributed by atoms with Crippen molar-refractivity contribution in [1.29, 1.82) is 0 Å². The number of ketones is 2. The van der Waals surface area contributed by atoms with E-state index in [-0.39, 0.29) is 34.9 Å². The van der Waals surface area contributed by atoms with E-state index in [2.05, 4.69) is 4.72 Å². The summed E-state index contributed by atoms with van der Waals surface area (Å²) >= 11 is 12.3. The summed E-state index contributed by atoms with van der Waals surface area (Å²) in [4.78, 5) is 35.7. The summed E-state index contributed by atoms with van der Waals surface area (Å²) in [6.45, 7) is 4.20. The van der Waals surface area contributed by atoms with Gasteiger partial charge in [-0.25, -0.2) is 13.1 Å². The van der Waals surface area contributed by atoms with Crippen molar-refractivity contribution < 1.29 is 32.3 Å². The zero-order valence-electron chi connectivity index (χ0n) is 33.4. The molecule has 0 spiro atoms. The summed E-state index contributed by atoms with van der Waals surface area (Å²) in [7, 11) is -4.06. The minimum absolute atomic E-state index is 0.0119. The third-order valence-electron chi connectivity index (χ3n) is 9.38. The fraction of sp³-hybridized carbons (Fsp3) is 0.122. The minimum atomic E-state index is -4.06. The Hall–Kier alpha value is -6.46. The van der Waals surface area contributed by atoms with Gasteiger partial charge >= 0.3 is 0 Å². The van der Waals surface area contributed by atoms with Crippen molar-refractivity contribution in [2.75, 3.05) is 0 Å². The summed E-state index contributed by atoms with van der Waals surface area (Å²) in [5, 5.41) is 1.04. The van der Waals surface area contributed by atoms with Crippen LogP contribution in [0.3, 0.4) is 0 Å². The number of hydrogen-bond acceptors (Lipinski definition) is 7. The van der Waals surface area contributed by atoms with Crippen LogP contribution >= 0.6 is 23.2 Å². The molecule has 0 unspecified atom stereocenters. The number of Topliss-reactive ketones (excluding diaryl/α,β-unsaturated/α-hetero) is 2. The summed E-state index contributed by atoms with van der Waals surface area (Å²) in [6.07, 6.45) is 0.390. The molecule has 0 saturated carbocycles. The maximum atomic E-state index is 12.9. The van der Waals surface area contributed by atoms with Crippen LogP contribution in [0, 0.1) is 6.92 Å². The molecular formula is C49H42Cl2N2O7S. The SMILES string of the molecule is CC(=O)CCC(=O)c1cc(Cl)ccc1OCc1ccccc1.Cc1ccc(-c2cc(Cl)ccc2OCc2ccccc2)n1-c1ccc(S(=O)(=O)NC(=O)c2ccccc2)cc1. The van der Waals surface area contributed by atoms with Crippen molar-refractivity contribution in [1.82, 2.24) is 9.29 Å². The highest BCUT2D eigenvalue weighted by Crippen LogP contribution is 2.36. The van der Waals surface area contributed by atoms with Crippen LogP contribution in [0.5, 0.6) is 11.5 Å². The maximum absolute atomic E-state index is 12.9. The van der Waals surface area contributed by atoms with Crippen molar-refractivity contribution >= 4 is 50.7 Å². The second-order valence-electron chi connectivity index (χ2n) is 13.9. The summed E-state index contributed by atoms with van der Waals surface area (Å²) in [5.74, 6) is 0.322. The lowest BCUT2D eigenvalue weighted by Crippen LogP contribution is -2.30. The van der Waals surface area contributed by atoms with Crippen LogP contribution in [-0.2, 0) is 28.0 Å². The molecule has 1 N–H and O–H groups in total. The second kappa shape index (κ2) is 20.7. The molecule has 0 bridgehead atoms. The molecule has 310 valence electrons. The number of aromatic nitrogens is 1. The quantitative estimate of drug-likeness (QED) is 0.102. The van der Waals surface area contributed by atoms with Gasteiger partial charge in [-0.2, -0.15) is 0 Å². The number of ether oxygens (including phenoxy) is 2. The molecule has 6 aromatic carbocycles. The number of halogens is 2. The molecule has 0 aliphatic heterocycles. The monoisotopic (exact) mass is 872 g/mol. The number of carbonyl (C=O) groups excluding carboxylic acids is 3. The highest BCUT2D eigenvalue weighted by Gasteiger charge is 2.20. The van der Waals surface area contributed by atoms with Gasteiger partial charge in [0, 0.05) is 45.4 Å². The van der Waals surface area contributed by atoms with Gasteiger partial charge in [-0.05, 0) is 110 Å². The number of aryl methyl sites for hydroxylation is 1. The number of hydrogen-bond donors (Lipinski definition) is 1. The number of nitrogens with zero attached hydrogens (tertiary/aromatic N) is 1. The molecule has 0 aliphatic carbocycles. The van der Waals surface area contributed by atoms with Gasteiger partial charge in [-0.3, -0.25) is 9.59 Å². The Bertz CT molecular complexity index is 2720. The normalized spacial score (nSPS) is 10.9. The summed E-state index contributed by atoms with van der Waals surface area (Å²) in [5.41, 5.74) is 6.06. The van der Waals surface area contributed by atoms with Gasteiger partial charge in [0.1, 0.15) is 30.5 Å². The lowest BCUT2D eigenvalue weighted by Gasteiger charge is -2.17. The molecule has 1 heterocycles.